The summed E-state index contributed by atoms with van der Waals surface area (Å²) in [6.45, 7) is 1.55. The van der Waals surface area contributed by atoms with Gasteiger partial charge in [0.05, 0.1) is 10.6 Å². The number of aromatic nitrogens is 4. The summed E-state index contributed by atoms with van der Waals surface area (Å²) >= 11 is 5.80. The highest BCUT2D eigenvalue weighted by molar-refractivity contribution is 6.33. The number of nitrogens with zero attached hydrogens (tertiary/aromatic N) is 4. The van der Waals surface area contributed by atoms with Crippen molar-refractivity contribution < 1.29 is 13.2 Å². The molecule has 20 heavy (non-hydrogen) atoms. The van der Waals surface area contributed by atoms with Crippen molar-refractivity contribution in [1.29, 1.82) is 0 Å². The SMILES string of the molecule is Cc1n[nH]c(=O)n1N(C)c1ncc(C(F)(F)F)cc1Cl. The number of alkyl halides is 3. The molecule has 6 nitrogen and oxygen atoms in total. The van der Waals surface area contributed by atoms with Gasteiger partial charge in [0.25, 0.3) is 0 Å². The van der Waals surface area contributed by atoms with Crippen molar-refractivity contribution in [1.82, 2.24) is 19.9 Å². The number of aromatic amines is 1. The van der Waals surface area contributed by atoms with Crippen molar-refractivity contribution in [2.75, 3.05) is 12.1 Å². The predicted molar refractivity (Wildman–Crippen MR) is 65.6 cm³/mol. The average molecular weight is 308 g/mol. The van der Waals surface area contributed by atoms with Gasteiger partial charge in [-0.25, -0.2) is 14.9 Å². The lowest BCUT2D eigenvalue weighted by Crippen LogP contribution is -2.35. The second kappa shape index (κ2) is 4.82. The molecule has 0 amide bonds. The Bertz CT molecular complexity index is 693. The van der Waals surface area contributed by atoms with Gasteiger partial charge in [-0.3, -0.25) is 5.01 Å². The van der Waals surface area contributed by atoms with E-state index in [0.29, 0.717) is 12.0 Å². The van der Waals surface area contributed by atoms with Crippen LogP contribution in [0.25, 0.3) is 0 Å². The fourth-order valence-corrected chi connectivity index (χ4v) is 1.93. The van der Waals surface area contributed by atoms with E-state index < -0.39 is 17.4 Å². The van der Waals surface area contributed by atoms with Crippen LogP contribution in [0.15, 0.2) is 17.1 Å². The van der Waals surface area contributed by atoms with Gasteiger partial charge in [-0.2, -0.15) is 22.9 Å². The second-order valence-electron chi connectivity index (χ2n) is 3.94. The zero-order chi connectivity index (χ0) is 15.1. The minimum atomic E-state index is -4.53. The number of anilines is 1. The van der Waals surface area contributed by atoms with Crippen molar-refractivity contribution in [3.63, 3.8) is 0 Å². The lowest BCUT2D eigenvalue weighted by atomic mass is 10.3. The Balaban J connectivity index is 2.47. The summed E-state index contributed by atoms with van der Waals surface area (Å²) in [5.74, 6) is 0.321. The summed E-state index contributed by atoms with van der Waals surface area (Å²) in [5, 5.41) is 6.87. The molecule has 0 unspecified atom stereocenters. The first-order chi connectivity index (χ1) is 9.21. The Labute approximate surface area is 115 Å². The largest absolute Gasteiger partial charge is 0.417 e. The topological polar surface area (TPSA) is 66.8 Å². The van der Waals surface area contributed by atoms with E-state index in [-0.39, 0.29) is 10.8 Å². The highest BCUT2D eigenvalue weighted by Crippen LogP contribution is 2.33. The Morgan fingerprint density at radius 2 is 2.10 bits per heavy atom. The van der Waals surface area contributed by atoms with Gasteiger partial charge in [-0.15, -0.1) is 0 Å². The third-order valence-electron chi connectivity index (χ3n) is 2.57. The van der Waals surface area contributed by atoms with Crippen LogP contribution in [0.4, 0.5) is 19.0 Å². The van der Waals surface area contributed by atoms with E-state index in [9.17, 15) is 18.0 Å². The molecule has 0 fully saturated rings. The molecule has 2 aromatic heterocycles. The van der Waals surface area contributed by atoms with Gasteiger partial charge in [0.2, 0.25) is 0 Å². The molecule has 0 saturated heterocycles. The van der Waals surface area contributed by atoms with Crippen LogP contribution in [0.2, 0.25) is 5.02 Å². The van der Waals surface area contributed by atoms with Crippen molar-refractivity contribution in [3.8, 4) is 0 Å². The summed E-state index contributed by atoms with van der Waals surface area (Å²) < 4.78 is 38.7. The van der Waals surface area contributed by atoms with Crippen LogP contribution in [-0.2, 0) is 6.18 Å². The van der Waals surface area contributed by atoms with E-state index >= 15 is 0 Å². The first-order valence-electron chi connectivity index (χ1n) is 5.32. The molecule has 0 aliphatic carbocycles. The number of hydrogen-bond acceptors (Lipinski definition) is 4. The predicted octanol–water partition coefficient (Wildman–Crippen LogP) is 1.85. The van der Waals surface area contributed by atoms with Crippen molar-refractivity contribution in [3.05, 3.63) is 39.2 Å². The van der Waals surface area contributed by atoms with Gasteiger partial charge in [0.15, 0.2) is 11.6 Å². The highest BCUT2D eigenvalue weighted by Gasteiger charge is 2.32. The number of nitrogens with one attached hydrogen (secondary N) is 1. The first-order valence-corrected chi connectivity index (χ1v) is 5.70. The minimum absolute atomic E-state index is 0.00580. The Morgan fingerprint density at radius 3 is 2.55 bits per heavy atom. The monoisotopic (exact) mass is 307 g/mol. The molecule has 0 aliphatic rings. The van der Waals surface area contributed by atoms with E-state index in [4.69, 9.17) is 11.6 Å². The van der Waals surface area contributed by atoms with E-state index in [2.05, 4.69) is 15.2 Å². The Morgan fingerprint density at radius 1 is 1.45 bits per heavy atom. The van der Waals surface area contributed by atoms with Gasteiger partial charge in [-0.1, -0.05) is 11.6 Å². The lowest BCUT2D eigenvalue weighted by Gasteiger charge is -2.20. The number of halogens is 4. The van der Waals surface area contributed by atoms with Crippen molar-refractivity contribution >= 4 is 17.4 Å². The summed E-state index contributed by atoms with van der Waals surface area (Å²) in [6, 6.07) is 0.751. The summed E-state index contributed by atoms with van der Waals surface area (Å²) in [6.07, 6.45) is -3.88. The molecule has 0 radical (unpaired) electrons. The number of pyridine rings is 1. The number of H-pyrrole nitrogens is 1. The molecule has 0 bridgehead atoms. The van der Waals surface area contributed by atoms with Gasteiger partial charge in [0, 0.05) is 13.2 Å². The molecule has 0 aliphatic heterocycles. The highest BCUT2D eigenvalue weighted by atomic mass is 35.5. The van der Waals surface area contributed by atoms with Crippen molar-refractivity contribution in [2.45, 2.75) is 13.1 Å². The van der Waals surface area contributed by atoms with E-state index in [0.717, 1.165) is 10.7 Å². The summed E-state index contributed by atoms with van der Waals surface area (Å²) in [7, 11) is 1.44. The first kappa shape index (κ1) is 14.4. The molecule has 2 heterocycles. The normalized spacial score (nSPS) is 11.7. The second-order valence-corrected chi connectivity index (χ2v) is 4.35. The Hall–Kier alpha value is -2.03. The summed E-state index contributed by atoms with van der Waals surface area (Å²) in [5.41, 5.74) is -1.52. The average Bonchev–Trinajstić information content (AvgIpc) is 2.67. The molecular weight excluding hydrogens is 299 g/mol. The van der Waals surface area contributed by atoms with E-state index in [1.807, 2.05) is 0 Å². The Kier molecular flexibility index (Phi) is 3.46. The number of hydrogen-bond donors (Lipinski definition) is 1. The smallest absolute Gasteiger partial charge is 0.260 e. The zero-order valence-corrected chi connectivity index (χ0v) is 11.1. The maximum atomic E-state index is 12.5. The molecule has 0 spiro atoms. The van der Waals surface area contributed by atoms with E-state index in [1.54, 1.807) is 6.92 Å². The van der Waals surface area contributed by atoms with Crippen LogP contribution in [0.3, 0.4) is 0 Å². The molecule has 108 valence electrons. The van der Waals surface area contributed by atoms with Crippen LogP contribution in [0.1, 0.15) is 11.4 Å². The van der Waals surface area contributed by atoms with Gasteiger partial charge < -0.3 is 0 Å². The molecule has 10 heteroatoms. The fraction of sp³-hybridized carbons (Fsp3) is 0.300. The standard InChI is InChI=1S/C10H9ClF3N5O/c1-5-16-17-9(20)19(5)18(2)8-7(11)3-6(4-15-8)10(12,13)14/h3-4H,1-2H3,(H,17,20). The third kappa shape index (κ3) is 2.48. The lowest BCUT2D eigenvalue weighted by molar-refractivity contribution is -0.137. The van der Waals surface area contributed by atoms with Crippen LogP contribution in [-0.4, -0.2) is 26.9 Å². The molecule has 0 atom stereocenters. The molecule has 0 aromatic carbocycles. The van der Waals surface area contributed by atoms with Gasteiger partial charge in [0.1, 0.15) is 0 Å². The zero-order valence-electron chi connectivity index (χ0n) is 10.4. The van der Waals surface area contributed by atoms with Crippen LogP contribution < -0.4 is 10.7 Å². The maximum absolute atomic E-state index is 12.5. The van der Waals surface area contributed by atoms with Gasteiger partial charge >= 0.3 is 11.9 Å². The quantitative estimate of drug-likeness (QED) is 0.919. The maximum Gasteiger partial charge on any atom is 0.417 e. The van der Waals surface area contributed by atoms with E-state index in [1.165, 1.54) is 12.1 Å². The van der Waals surface area contributed by atoms with Crippen LogP contribution >= 0.6 is 11.6 Å². The molecule has 0 saturated carbocycles. The fourth-order valence-electron chi connectivity index (χ4n) is 1.64. The molecule has 1 N–H and O–H groups in total. The van der Waals surface area contributed by atoms with Crippen molar-refractivity contribution in [2.24, 2.45) is 0 Å². The van der Waals surface area contributed by atoms with Gasteiger partial charge in [-0.05, 0) is 13.0 Å². The van der Waals surface area contributed by atoms with Crippen LogP contribution in [0.5, 0.6) is 0 Å². The molecular formula is C10H9ClF3N5O. The number of aryl methyl sites for hydroxylation is 1. The minimum Gasteiger partial charge on any atom is -0.260 e. The van der Waals surface area contributed by atoms with Crippen LogP contribution in [0, 0.1) is 6.92 Å². The molecule has 2 aromatic rings. The third-order valence-corrected chi connectivity index (χ3v) is 2.85. The number of rotatable bonds is 2. The summed E-state index contributed by atoms with van der Waals surface area (Å²) in [4.78, 5) is 15.2. The molecule has 2 rings (SSSR count).